The van der Waals surface area contributed by atoms with Crippen molar-refractivity contribution in [3.63, 3.8) is 0 Å². The summed E-state index contributed by atoms with van der Waals surface area (Å²) in [6.07, 6.45) is 16.8. The Morgan fingerprint density at radius 2 is 0.516 bits per heavy atom. The van der Waals surface area contributed by atoms with Crippen LogP contribution in [0.15, 0.2) is 231 Å². The summed E-state index contributed by atoms with van der Waals surface area (Å²) in [6.45, 7) is 0. The zero-order chi connectivity index (χ0) is 40.9. The molecule has 0 heterocycles. The first-order valence-corrected chi connectivity index (χ1v) is 23.7. The molecule has 0 aliphatic carbocycles. The molecule has 0 aromatic heterocycles. The van der Waals surface area contributed by atoms with Crippen LogP contribution in [0.2, 0.25) is 0 Å². The summed E-state index contributed by atoms with van der Waals surface area (Å²) in [6, 6.07) is 81.7. The van der Waals surface area contributed by atoms with Crippen LogP contribution in [0.4, 0.5) is 0 Å². The molecule has 10 aromatic rings. The SMILES string of the molecule is [Au+].[Au+].[C-]#Cc1ccc2cc3ccccc3cc2c1.[C-]#Cc1ccc2cc3ccccc3cc2c1.c1ccc([PH+](CC[PH+](c2ccccc2)c2ccccc2)c2ccccc2)cc1. The Labute approximate surface area is 400 Å². The standard InChI is InChI=1S/C26H24P2.2C16H9.2Au/c1-5-13-23(14-6-1)27(24-15-7-2-8-16-24)21-22-28(25-17-9-3-10-18-25)26-19-11-4-12-20-26;2*1-2-12-7-8-15-10-13-5-3-4-6-14(13)11-16(15)9-12;;/h1-20H,21-22H2;2*3-11H;;/q;2*-1;2*+1/p+2. The molecule has 0 saturated carbocycles. The summed E-state index contributed by atoms with van der Waals surface area (Å²) in [5.74, 6) is 4.83. The fourth-order valence-corrected chi connectivity index (χ4v) is 14.0. The number of hydrogen-bond donors (Lipinski definition) is 0. The molecular weight excluding hydrogens is 1150 g/mol. The fourth-order valence-electron chi connectivity index (χ4n) is 7.75. The molecule has 10 aromatic carbocycles. The van der Waals surface area contributed by atoms with Crippen LogP contribution in [-0.2, 0) is 44.8 Å². The van der Waals surface area contributed by atoms with Crippen LogP contribution in [0, 0.1) is 24.7 Å². The largest absolute Gasteiger partial charge is 1.00 e. The molecule has 306 valence electrons. The van der Waals surface area contributed by atoms with Gasteiger partial charge in [0.1, 0.15) is 12.3 Å². The second-order valence-electron chi connectivity index (χ2n) is 14.7. The molecule has 0 nitrogen and oxygen atoms in total. The van der Waals surface area contributed by atoms with Crippen molar-refractivity contribution >= 4 is 80.2 Å². The van der Waals surface area contributed by atoms with E-state index < -0.39 is 15.8 Å². The van der Waals surface area contributed by atoms with E-state index in [-0.39, 0.29) is 44.8 Å². The van der Waals surface area contributed by atoms with E-state index in [1.165, 1.54) is 65.9 Å². The molecular formula is C58H44Au2P2+2. The summed E-state index contributed by atoms with van der Waals surface area (Å²) in [5.41, 5.74) is 1.64. The van der Waals surface area contributed by atoms with E-state index in [1.54, 1.807) is 0 Å². The Morgan fingerprint density at radius 3 is 0.790 bits per heavy atom. The van der Waals surface area contributed by atoms with Gasteiger partial charge in [-0.25, -0.2) is 0 Å². The Bertz CT molecular complexity index is 2780. The molecule has 0 fully saturated rings. The van der Waals surface area contributed by atoms with Crippen LogP contribution in [-0.4, -0.2) is 12.3 Å². The normalized spacial score (nSPS) is 10.4. The first-order valence-electron chi connectivity index (χ1n) is 20.3. The molecule has 0 aliphatic heterocycles. The maximum absolute atomic E-state index is 7.13. The van der Waals surface area contributed by atoms with Crippen molar-refractivity contribution < 1.29 is 44.8 Å². The van der Waals surface area contributed by atoms with Gasteiger partial charge in [0.25, 0.3) is 0 Å². The van der Waals surface area contributed by atoms with Gasteiger partial charge in [-0.05, 0) is 116 Å². The number of benzene rings is 10. The summed E-state index contributed by atoms with van der Waals surface area (Å²) in [5, 5.41) is 15.8. The van der Waals surface area contributed by atoms with Gasteiger partial charge in [-0.3, -0.25) is 11.8 Å². The van der Waals surface area contributed by atoms with Crippen molar-refractivity contribution in [2.45, 2.75) is 0 Å². The Balaban J connectivity index is 0.000000162. The summed E-state index contributed by atoms with van der Waals surface area (Å²) < 4.78 is 0. The quantitative estimate of drug-likeness (QED) is 0.0491. The maximum Gasteiger partial charge on any atom is 1.00 e. The summed E-state index contributed by atoms with van der Waals surface area (Å²) in [4.78, 5) is 0. The maximum atomic E-state index is 7.13. The first-order chi connectivity index (χ1) is 29.6. The number of rotatable bonds is 7. The topological polar surface area (TPSA) is 0 Å². The van der Waals surface area contributed by atoms with Crippen LogP contribution < -0.4 is 21.2 Å². The molecule has 0 spiro atoms. The van der Waals surface area contributed by atoms with Crippen molar-refractivity contribution in [1.82, 2.24) is 0 Å². The van der Waals surface area contributed by atoms with Gasteiger partial charge in [0.15, 0.2) is 0 Å². The van der Waals surface area contributed by atoms with E-state index in [9.17, 15) is 0 Å². The van der Waals surface area contributed by atoms with Gasteiger partial charge in [-0.15, -0.1) is 35.4 Å². The minimum absolute atomic E-state index is 0. The average Bonchev–Trinajstić information content (AvgIpc) is 3.32. The van der Waals surface area contributed by atoms with Gasteiger partial charge < -0.3 is 12.8 Å². The van der Waals surface area contributed by atoms with E-state index in [2.05, 4.69) is 182 Å². The van der Waals surface area contributed by atoms with Gasteiger partial charge in [-0.2, -0.15) is 0 Å². The first kappa shape index (κ1) is 46.2. The molecule has 0 N–H and O–H groups in total. The van der Waals surface area contributed by atoms with Gasteiger partial charge >= 0.3 is 44.8 Å². The minimum atomic E-state index is -0.783. The van der Waals surface area contributed by atoms with E-state index in [1.807, 2.05) is 60.7 Å². The molecule has 10 rings (SSSR count). The Kier molecular flexibility index (Phi) is 17.3. The second-order valence-corrected chi connectivity index (χ2v) is 19.9. The minimum Gasteiger partial charge on any atom is -0.366 e. The van der Waals surface area contributed by atoms with Gasteiger partial charge in [0.2, 0.25) is 0 Å². The zero-order valence-corrected chi connectivity index (χ0v) is 40.3. The van der Waals surface area contributed by atoms with Crippen molar-refractivity contribution in [3.05, 3.63) is 254 Å². The smallest absolute Gasteiger partial charge is 0.366 e. The van der Waals surface area contributed by atoms with Crippen LogP contribution in [0.25, 0.3) is 43.1 Å². The molecule has 0 bridgehead atoms. The average molecular weight is 1200 g/mol. The van der Waals surface area contributed by atoms with Gasteiger partial charge in [0, 0.05) is 0 Å². The molecule has 0 amide bonds. The van der Waals surface area contributed by atoms with Crippen molar-refractivity contribution in [2.24, 2.45) is 0 Å². The van der Waals surface area contributed by atoms with E-state index in [4.69, 9.17) is 12.8 Å². The van der Waals surface area contributed by atoms with Crippen LogP contribution in [0.1, 0.15) is 11.1 Å². The van der Waals surface area contributed by atoms with Crippen LogP contribution in [0.3, 0.4) is 0 Å². The molecule has 0 radical (unpaired) electrons. The molecule has 4 heteroatoms. The van der Waals surface area contributed by atoms with Crippen molar-refractivity contribution in [2.75, 3.05) is 12.3 Å². The summed E-state index contributed by atoms with van der Waals surface area (Å²) >= 11 is 0. The van der Waals surface area contributed by atoms with E-state index >= 15 is 0 Å². The molecule has 0 atom stereocenters. The Morgan fingerprint density at radius 1 is 0.274 bits per heavy atom. The monoisotopic (exact) mass is 1200 g/mol. The van der Waals surface area contributed by atoms with E-state index in [0.29, 0.717) is 0 Å². The third-order valence-electron chi connectivity index (χ3n) is 10.8. The van der Waals surface area contributed by atoms with Crippen molar-refractivity contribution in [1.29, 1.82) is 0 Å². The number of fused-ring (bicyclic) bond motifs is 4. The fraction of sp³-hybridized carbons (Fsp3) is 0.0345. The molecule has 62 heavy (non-hydrogen) atoms. The van der Waals surface area contributed by atoms with Gasteiger partial charge in [-0.1, -0.05) is 133 Å². The van der Waals surface area contributed by atoms with Gasteiger partial charge in [0.05, 0.1) is 37.1 Å². The Hall–Kier alpha value is -5.30. The van der Waals surface area contributed by atoms with Crippen molar-refractivity contribution in [3.8, 4) is 11.8 Å². The second kappa shape index (κ2) is 23.2. The molecule has 0 aliphatic rings. The predicted octanol–water partition coefficient (Wildman–Crippen LogP) is 12.6. The molecule has 0 saturated heterocycles. The zero-order valence-electron chi connectivity index (χ0n) is 34.0. The number of hydrogen-bond acceptors (Lipinski definition) is 0. The van der Waals surface area contributed by atoms with Crippen LogP contribution >= 0.6 is 15.8 Å². The van der Waals surface area contributed by atoms with E-state index in [0.717, 1.165) is 21.9 Å². The third-order valence-corrected chi connectivity index (χ3v) is 16.9. The predicted molar refractivity (Wildman–Crippen MR) is 266 cm³/mol. The molecule has 0 unspecified atom stereocenters. The summed E-state index contributed by atoms with van der Waals surface area (Å²) in [7, 11) is -1.57. The van der Waals surface area contributed by atoms with Crippen LogP contribution in [0.5, 0.6) is 0 Å². The third kappa shape index (κ3) is 11.8.